The number of benzene rings is 1. The molecule has 0 saturated carbocycles. The van der Waals surface area contributed by atoms with Crippen molar-refractivity contribution in [3.8, 4) is 0 Å². The summed E-state index contributed by atoms with van der Waals surface area (Å²) in [5.41, 5.74) is 3.63. The highest BCUT2D eigenvalue weighted by atomic mass is 16.2. The fraction of sp³-hybridized carbons (Fsp3) is 0.500. The molecule has 0 aliphatic carbocycles. The first-order valence-electron chi connectivity index (χ1n) is 8.98. The summed E-state index contributed by atoms with van der Waals surface area (Å²) in [5.74, 6) is 0.635. The molecule has 0 spiro atoms. The second-order valence-corrected chi connectivity index (χ2v) is 7.98. The van der Waals surface area contributed by atoms with Gasteiger partial charge < -0.3 is 10.2 Å². The summed E-state index contributed by atoms with van der Waals surface area (Å²) in [7, 11) is 0. The Labute approximate surface area is 149 Å². The maximum atomic E-state index is 12.2. The summed E-state index contributed by atoms with van der Waals surface area (Å²) in [4.78, 5) is 14.2. The van der Waals surface area contributed by atoms with Crippen LogP contribution in [-0.4, -0.2) is 34.1 Å². The van der Waals surface area contributed by atoms with Gasteiger partial charge in [-0.25, -0.2) is 0 Å². The SMILES string of the molecule is CC(C)(C)c1[nH]ncc1CNCC1CC(=O)N(Cc2ccccc2)C1. The van der Waals surface area contributed by atoms with Crippen molar-refractivity contribution in [1.29, 1.82) is 0 Å². The van der Waals surface area contributed by atoms with E-state index in [4.69, 9.17) is 0 Å². The Bertz CT molecular complexity index is 702. The lowest BCUT2D eigenvalue weighted by atomic mass is 9.89. The number of hydrogen-bond acceptors (Lipinski definition) is 3. The summed E-state index contributed by atoms with van der Waals surface area (Å²) in [5, 5.41) is 10.8. The highest BCUT2D eigenvalue weighted by Gasteiger charge is 2.29. The fourth-order valence-corrected chi connectivity index (χ4v) is 3.45. The summed E-state index contributed by atoms with van der Waals surface area (Å²) in [6.45, 7) is 9.73. The molecule has 5 nitrogen and oxygen atoms in total. The van der Waals surface area contributed by atoms with E-state index in [0.29, 0.717) is 18.9 Å². The zero-order chi connectivity index (χ0) is 17.9. The van der Waals surface area contributed by atoms with Gasteiger partial charge in [-0.05, 0) is 11.5 Å². The summed E-state index contributed by atoms with van der Waals surface area (Å²) in [6, 6.07) is 10.2. The van der Waals surface area contributed by atoms with Gasteiger partial charge in [0.15, 0.2) is 0 Å². The first kappa shape index (κ1) is 17.7. The molecular weight excluding hydrogens is 312 g/mol. The van der Waals surface area contributed by atoms with E-state index < -0.39 is 0 Å². The number of carbonyl (C=O) groups is 1. The van der Waals surface area contributed by atoms with Crippen molar-refractivity contribution in [2.45, 2.75) is 45.7 Å². The van der Waals surface area contributed by atoms with E-state index in [1.54, 1.807) is 0 Å². The van der Waals surface area contributed by atoms with Crippen molar-refractivity contribution < 1.29 is 4.79 Å². The minimum absolute atomic E-state index is 0.0588. The third kappa shape index (κ3) is 4.48. The van der Waals surface area contributed by atoms with Crippen molar-refractivity contribution in [3.05, 3.63) is 53.3 Å². The quantitative estimate of drug-likeness (QED) is 0.850. The van der Waals surface area contributed by atoms with Gasteiger partial charge >= 0.3 is 0 Å². The van der Waals surface area contributed by atoms with Gasteiger partial charge in [-0.15, -0.1) is 0 Å². The summed E-state index contributed by atoms with van der Waals surface area (Å²) >= 11 is 0. The molecule has 2 heterocycles. The second-order valence-electron chi connectivity index (χ2n) is 7.98. The van der Waals surface area contributed by atoms with Crippen LogP contribution in [0.4, 0.5) is 0 Å². The van der Waals surface area contributed by atoms with Crippen molar-refractivity contribution in [3.63, 3.8) is 0 Å². The molecule has 2 aromatic rings. The molecule has 1 atom stereocenters. The van der Waals surface area contributed by atoms with Crippen LogP contribution in [0.5, 0.6) is 0 Å². The van der Waals surface area contributed by atoms with Crippen molar-refractivity contribution in [2.24, 2.45) is 5.92 Å². The predicted molar refractivity (Wildman–Crippen MR) is 99.0 cm³/mol. The topological polar surface area (TPSA) is 61.0 Å². The Balaban J connectivity index is 1.49. The molecule has 0 radical (unpaired) electrons. The van der Waals surface area contributed by atoms with E-state index >= 15 is 0 Å². The van der Waals surface area contributed by atoms with Crippen molar-refractivity contribution in [1.82, 2.24) is 20.4 Å². The van der Waals surface area contributed by atoms with E-state index in [2.05, 4.69) is 48.4 Å². The number of nitrogens with one attached hydrogen (secondary N) is 2. The normalized spacial score (nSPS) is 18.1. The van der Waals surface area contributed by atoms with Crippen LogP contribution in [0.15, 0.2) is 36.5 Å². The van der Waals surface area contributed by atoms with Gasteiger partial charge in [-0.3, -0.25) is 9.89 Å². The maximum Gasteiger partial charge on any atom is 0.223 e. The molecule has 2 N–H and O–H groups in total. The van der Waals surface area contributed by atoms with Crippen LogP contribution in [0.1, 0.15) is 44.0 Å². The lowest BCUT2D eigenvalue weighted by molar-refractivity contribution is -0.128. The van der Waals surface area contributed by atoms with Gasteiger partial charge in [0.1, 0.15) is 0 Å². The number of nitrogens with zero attached hydrogens (tertiary/aromatic N) is 2. The lowest BCUT2D eigenvalue weighted by Crippen LogP contribution is -2.27. The van der Waals surface area contributed by atoms with Crippen LogP contribution in [0.3, 0.4) is 0 Å². The molecule has 0 bridgehead atoms. The van der Waals surface area contributed by atoms with Crippen LogP contribution < -0.4 is 5.32 Å². The number of aromatic amines is 1. The first-order valence-corrected chi connectivity index (χ1v) is 8.98. The van der Waals surface area contributed by atoms with E-state index in [-0.39, 0.29) is 11.3 Å². The van der Waals surface area contributed by atoms with Crippen molar-refractivity contribution >= 4 is 5.91 Å². The van der Waals surface area contributed by atoms with Gasteiger partial charge in [-0.1, -0.05) is 51.1 Å². The van der Waals surface area contributed by atoms with Crippen LogP contribution in [0.25, 0.3) is 0 Å². The number of H-pyrrole nitrogens is 1. The minimum Gasteiger partial charge on any atom is -0.338 e. The average molecular weight is 340 g/mol. The summed E-state index contributed by atoms with van der Waals surface area (Å²) in [6.07, 6.45) is 2.53. The lowest BCUT2D eigenvalue weighted by Gasteiger charge is -2.19. The molecule has 3 rings (SSSR count). The smallest absolute Gasteiger partial charge is 0.223 e. The number of aromatic nitrogens is 2. The van der Waals surface area contributed by atoms with Crippen molar-refractivity contribution in [2.75, 3.05) is 13.1 Å². The Morgan fingerprint density at radius 2 is 2.04 bits per heavy atom. The first-order chi connectivity index (χ1) is 11.9. The molecule has 5 heteroatoms. The molecule has 1 aromatic heterocycles. The molecular formula is C20H28N4O. The number of likely N-dealkylation sites (tertiary alicyclic amines) is 1. The number of amides is 1. The molecule has 1 aliphatic heterocycles. The summed E-state index contributed by atoms with van der Waals surface area (Å²) < 4.78 is 0. The van der Waals surface area contributed by atoms with E-state index in [0.717, 1.165) is 19.6 Å². The highest BCUT2D eigenvalue weighted by molar-refractivity contribution is 5.78. The Hall–Kier alpha value is -2.14. The maximum absolute atomic E-state index is 12.2. The van der Waals surface area contributed by atoms with Crippen LogP contribution in [-0.2, 0) is 23.3 Å². The zero-order valence-electron chi connectivity index (χ0n) is 15.4. The van der Waals surface area contributed by atoms with E-state index in [1.807, 2.05) is 29.3 Å². The molecule has 1 unspecified atom stereocenters. The number of rotatable bonds is 6. The average Bonchev–Trinajstić information content (AvgIpc) is 3.16. The molecule has 1 fully saturated rings. The van der Waals surface area contributed by atoms with Gasteiger partial charge in [0.05, 0.1) is 6.20 Å². The zero-order valence-corrected chi connectivity index (χ0v) is 15.4. The molecule has 1 saturated heterocycles. The molecule has 1 aromatic carbocycles. The number of carbonyl (C=O) groups excluding carboxylic acids is 1. The molecule has 1 aliphatic rings. The molecule has 1 amide bonds. The third-order valence-electron chi connectivity index (χ3n) is 4.73. The predicted octanol–water partition coefficient (Wildman–Crippen LogP) is 2.85. The van der Waals surface area contributed by atoms with E-state index in [1.165, 1.54) is 16.8 Å². The standard InChI is InChI=1S/C20H28N4O/c1-20(2,3)19-17(12-22-23-19)11-21-10-16-9-18(25)24(14-16)13-15-7-5-4-6-8-15/h4-8,12,16,21H,9-11,13-14H2,1-3H3,(H,22,23). The van der Waals surface area contributed by atoms with Gasteiger partial charge in [-0.2, -0.15) is 5.10 Å². The Kier molecular flexibility index (Phi) is 5.23. The monoisotopic (exact) mass is 340 g/mol. The van der Waals surface area contributed by atoms with Crippen LogP contribution >= 0.6 is 0 Å². The largest absolute Gasteiger partial charge is 0.338 e. The third-order valence-corrected chi connectivity index (χ3v) is 4.73. The van der Waals surface area contributed by atoms with Gasteiger partial charge in [0.2, 0.25) is 5.91 Å². The number of hydrogen-bond donors (Lipinski definition) is 2. The second kappa shape index (κ2) is 7.40. The fourth-order valence-electron chi connectivity index (χ4n) is 3.45. The Morgan fingerprint density at radius 1 is 1.28 bits per heavy atom. The van der Waals surface area contributed by atoms with Gasteiger partial charge in [0, 0.05) is 49.3 Å². The van der Waals surface area contributed by atoms with Gasteiger partial charge in [0.25, 0.3) is 0 Å². The Morgan fingerprint density at radius 3 is 2.76 bits per heavy atom. The van der Waals surface area contributed by atoms with E-state index in [9.17, 15) is 4.79 Å². The van der Waals surface area contributed by atoms with Crippen LogP contribution in [0, 0.1) is 5.92 Å². The molecule has 25 heavy (non-hydrogen) atoms. The minimum atomic E-state index is 0.0588. The highest BCUT2D eigenvalue weighted by Crippen LogP contribution is 2.24. The van der Waals surface area contributed by atoms with Crippen LogP contribution in [0.2, 0.25) is 0 Å². The molecule has 134 valence electrons.